The lowest BCUT2D eigenvalue weighted by atomic mass is 10.1. The van der Waals surface area contributed by atoms with Crippen molar-refractivity contribution in [2.45, 2.75) is 26.1 Å². The molecule has 182 valence electrons. The molecule has 0 bridgehead atoms. The van der Waals surface area contributed by atoms with E-state index in [1.54, 1.807) is 29.2 Å². The van der Waals surface area contributed by atoms with Crippen molar-refractivity contribution in [3.8, 4) is 0 Å². The van der Waals surface area contributed by atoms with Crippen LogP contribution in [0.5, 0.6) is 0 Å². The lowest BCUT2D eigenvalue weighted by Crippen LogP contribution is -2.49. The lowest BCUT2D eigenvalue weighted by molar-refractivity contribution is -0.137. The van der Waals surface area contributed by atoms with E-state index in [2.05, 4.69) is 5.32 Å². The monoisotopic (exact) mass is 485 g/mol. The minimum atomic E-state index is -4.43. The smallest absolute Gasteiger partial charge is 0.320 e. The molecule has 1 saturated heterocycles. The maximum Gasteiger partial charge on any atom is 0.416 e. The number of hydrogen-bond acceptors (Lipinski definition) is 2. The van der Waals surface area contributed by atoms with Crippen molar-refractivity contribution in [1.82, 2.24) is 4.90 Å². The zero-order valence-corrected chi connectivity index (χ0v) is 18.9. The second kappa shape index (κ2) is 9.77. The molecule has 9 heteroatoms. The van der Waals surface area contributed by atoms with Crippen molar-refractivity contribution in [2.75, 3.05) is 23.3 Å². The van der Waals surface area contributed by atoms with E-state index in [0.717, 1.165) is 17.7 Å². The minimum absolute atomic E-state index is 0.117. The van der Waals surface area contributed by atoms with Crippen LogP contribution < -0.4 is 10.2 Å². The average molecular weight is 485 g/mol. The summed E-state index contributed by atoms with van der Waals surface area (Å²) in [5.74, 6) is -1.29. The molecule has 0 aromatic heterocycles. The Kier molecular flexibility index (Phi) is 6.77. The van der Waals surface area contributed by atoms with E-state index in [0.29, 0.717) is 36.4 Å². The fraction of sp³-hybridized carbons (Fsp3) is 0.231. The fourth-order valence-electron chi connectivity index (χ4n) is 3.99. The summed E-state index contributed by atoms with van der Waals surface area (Å²) in [5, 5.41) is 2.71. The molecule has 0 saturated carbocycles. The zero-order chi connectivity index (χ0) is 25.2. The van der Waals surface area contributed by atoms with E-state index in [4.69, 9.17) is 0 Å². The summed E-state index contributed by atoms with van der Waals surface area (Å²) in [6, 6.07) is 15.2. The summed E-state index contributed by atoms with van der Waals surface area (Å²) in [6.45, 7) is 2.82. The molecule has 3 amide bonds. The number of rotatable bonds is 5. The molecule has 1 aliphatic rings. The largest absolute Gasteiger partial charge is 0.416 e. The van der Waals surface area contributed by atoms with E-state index in [1.165, 1.54) is 35.2 Å². The van der Waals surface area contributed by atoms with Crippen molar-refractivity contribution >= 4 is 23.3 Å². The van der Waals surface area contributed by atoms with Crippen LogP contribution >= 0.6 is 0 Å². The summed E-state index contributed by atoms with van der Waals surface area (Å²) < 4.78 is 52.6. The van der Waals surface area contributed by atoms with Gasteiger partial charge in [0.1, 0.15) is 5.82 Å². The first-order chi connectivity index (χ1) is 16.6. The number of anilines is 2. The Morgan fingerprint density at radius 1 is 1.00 bits per heavy atom. The number of nitrogens with one attached hydrogen (secondary N) is 1. The molecular weight excluding hydrogens is 462 g/mol. The number of halogens is 4. The Balaban J connectivity index is 1.55. The molecule has 4 rings (SSSR count). The van der Waals surface area contributed by atoms with Crippen LogP contribution in [0.3, 0.4) is 0 Å². The summed E-state index contributed by atoms with van der Waals surface area (Å²) in [6.07, 6.45) is -3.80. The van der Waals surface area contributed by atoms with Crippen LogP contribution in [0, 0.1) is 12.7 Å². The molecule has 0 unspecified atom stereocenters. The molecule has 0 radical (unpaired) electrons. The molecule has 3 aromatic rings. The van der Waals surface area contributed by atoms with Gasteiger partial charge in [-0.05, 0) is 60.9 Å². The van der Waals surface area contributed by atoms with Gasteiger partial charge in [0.05, 0.1) is 22.5 Å². The third-order valence-corrected chi connectivity index (χ3v) is 5.78. The third kappa shape index (κ3) is 5.45. The molecule has 1 fully saturated rings. The van der Waals surface area contributed by atoms with E-state index in [1.807, 2.05) is 6.92 Å². The van der Waals surface area contributed by atoms with Crippen LogP contribution in [0.25, 0.3) is 0 Å². The van der Waals surface area contributed by atoms with Crippen LogP contribution in [-0.4, -0.2) is 29.9 Å². The van der Waals surface area contributed by atoms with Crippen molar-refractivity contribution < 1.29 is 27.2 Å². The van der Waals surface area contributed by atoms with E-state index in [-0.39, 0.29) is 18.1 Å². The van der Waals surface area contributed by atoms with Crippen LogP contribution in [-0.2, 0) is 12.7 Å². The first kappa shape index (κ1) is 24.3. The summed E-state index contributed by atoms with van der Waals surface area (Å²) in [7, 11) is 0. The Morgan fingerprint density at radius 2 is 1.71 bits per heavy atom. The molecular formula is C26H23F4N3O2. The first-order valence-corrected chi connectivity index (χ1v) is 11.0. The summed E-state index contributed by atoms with van der Waals surface area (Å²) in [4.78, 5) is 29.1. The second-order valence-corrected chi connectivity index (χ2v) is 8.36. The van der Waals surface area contributed by atoms with Crippen LogP contribution in [0.4, 0.5) is 33.7 Å². The van der Waals surface area contributed by atoms with Crippen molar-refractivity contribution in [2.24, 2.45) is 0 Å². The van der Waals surface area contributed by atoms with Crippen LogP contribution in [0.2, 0.25) is 0 Å². The van der Waals surface area contributed by atoms with Gasteiger partial charge in [-0.25, -0.2) is 9.18 Å². The Bertz CT molecular complexity index is 1240. The van der Waals surface area contributed by atoms with Gasteiger partial charge < -0.3 is 10.2 Å². The van der Waals surface area contributed by atoms with Gasteiger partial charge in [0, 0.05) is 19.6 Å². The van der Waals surface area contributed by atoms with Crippen molar-refractivity contribution in [3.05, 3.63) is 94.8 Å². The fourth-order valence-corrected chi connectivity index (χ4v) is 3.99. The number of nitrogens with zero attached hydrogens (tertiary/aromatic N) is 2. The van der Waals surface area contributed by atoms with Gasteiger partial charge in [-0.3, -0.25) is 9.69 Å². The van der Waals surface area contributed by atoms with Gasteiger partial charge in [-0.15, -0.1) is 0 Å². The molecule has 1 N–H and O–H groups in total. The third-order valence-electron chi connectivity index (χ3n) is 5.78. The number of hydrogen-bond donors (Lipinski definition) is 1. The van der Waals surface area contributed by atoms with Gasteiger partial charge >= 0.3 is 12.2 Å². The molecule has 1 aliphatic heterocycles. The van der Waals surface area contributed by atoms with Crippen LogP contribution in [0.1, 0.15) is 33.5 Å². The number of carbonyl (C=O) groups excluding carboxylic acids is 2. The van der Waals surface area contributed by atoms with E-state index >= 15 is 0 Å². The molecule has 0 spiro atoms. The van der Waals surface area contributed by atoms with Gasteiger partial charge in [0.15, 0.2) is 0 Å². The topological polar surface area (TPSA) is 52.6 Å². The maximum atomic E-state index is 14.1. The van der Waals surface area contributed by atoms with Gasteiger partial charge in [0.25, 0.3) is 5.91 Å². The number of amides is 3. The number of urea groups is 1. The zero-order valence-electron chi connectivity index (χ0n) is 18.9. The van der Waals surface area contributed by atoms with Gasteiger partial charge in [-0.2, -0.15) is 13.2 Å². The van der Waals surface area contributed by atoms with Crippen molar-refractivity contribution in [3.63, 3.8) is 0 Å². The normalized spacial score (nSPS) is 14.3. The molecule has 3 aromatic carbocycles. The number of carbonyl (C=O) groups is 2. The predicted molar refractivity (Wildman–Crippen MR) is 125 cm³/mol. The average Bonchev–Trinajstić information content (AvgIpc) is 2.81. The van der Waals surface area contributed by atoms with E-state index in [9.17, 15) is 27.2 Å². The highest BCUT2D eigenvalue weighted by Gasteiger charge is 2.31. The number of aryl methyl sites for hydroxylation is 1. The molecule has 0 aliphatic carbocycles. The Labute approximate surface area is 200 Å². The lowest BCUT2D eigenvalue weighted by Gasteiger charge is -2.36. The highest BCUT2D eigenvalue weighted by atomic mass is 19.4. The van der Waals surface area contributed by atoms with Gasteiger partial charge in [0.2, 0.25) is 0 Å². The number of benzene rings is 3. The highest BCUT2D eigenvalue weighted by molar-refractivity contribution is 6.07. The highest BCUT2D eigenvalue weighted by Crippen LogP contribution is 2.32. The van der Waals surface area contributed by atoms with Crippen LogP contribution in [0.15, 0.2) is 66.7 Å². The molecule has 1 heterocycles. The van der Waals surface area contributed by atoms with Crippen molar-refractivity contribution in [1.29, 1.82) is 0 Å². The quantitative estimate of drug-likeness (QED) is 0.435. The summed E-state index contributed by atoms with van der Waals surface area (Å²) >= 11 is 0. The SMILES string of the molecule is Cc1ccc(N2CCCN(Cc3ccc(C(F)(F)F)cc3)C2=O)c(NC(=O)c2ccccc2F)c1. The second-order valence-electron chi connectivity index (χ2n) is 8.36. The Morgan fingerprint density at radius 3 is 2.40 bits per heavy atom. The van der Waals surface area contributed by atoms with Gasteiger partial charge in [-0.1, -0.05) is 30.3 Å². The molecule has 5 nitrogen and oxygen atoms in total. The predicted octanol–water partition coefficient (Wildman–Crippen LogP) is 6.24. The minimum Gasteiger partial charge on any atom is -0.320 e. The molecule has 0 atom stereocenters. The standard InChI is InChI=1S/C26H23F4N3O2/c1-17-7-12-23(22(15-17)31-24(34)20-5-2-3-6-21(20)27)33-14-4-13-32(25(33)35)16-18-8-10-19(11-9-18)26(28,29)30/h2-3,5-12,15H,4,13-14,16H2,1H3,(H,31,34). The summed E-state index contributed by atoms with van der Waals surface area (Å²) in [5.41, 5.74) is 1.37. The molecule has 35 heavy (non-hydrogen) atoms. The first-order valence-electron chi connectivity index (χ1n) is 11.0. The maximum absolute atomic E-state index is 14.1. The van der Waals surface area contributed by atoms with E-state index < -0.39 is 23.5 Å². The number of alkyl halides is 3. The Hall–Kier alpha value is -3.88.